The first-order valence-corrected chi connectivity index (χ1v) is 9.26. The number of anilines is 3. The lowest BCUT2D eigenvalue weighted by Crippen LogP contribution is -2.38. The van der Waals surface area contributed by atoms with Crippen LogP contribution in [0.25, 0.3) is 21.9 Å². The number of hydrogen-bond donors (Lipinski definition) is 0. The van der Waals surface area contributed by atoms with Crippen LogP contribution in [-0.4, -0.2) is 12.7 Å². The van der Waals surface area contributed by atoms with Crippen LogP contribution >= 0.6 is 0 Å². The van der Waals surface area contributed by atoms with Crippen molar-refractivity contribution < 1.29 is 4.42 Å². The summed E-state index contributed by atoms with van der Waals surface area (Å²) in [7, 11) is 0. The molecule has 130 valence electrons. The lowest BCUT2D eigenvalue weighted by molar-refractivity contribution is 0.654. The Morgan fingerprint density at radius 1 is 0.808 bits per heavy atom. The maximum atomic E-state index is 6.40. The summed E-state index contributed by atoms with van der Waals surface area (Å²) in [6.45, 7) is 7.55. The van der Waals surface area contributed by atoms with Crippen molar-refractivity contribution in [2.24, 2.45) is 0 Å². The van der Waals surface area contributed by atoms with E-state index in [1.165, 1.54) is 27.7 Å². The molecule has 0 fully saturated rings. The van der Waals surface area contributed by atoms with Gasteiger partial charge in [-0.15, -0.1) is 0 Å². The summed E-state index contributed by atoms with van der Waals surface area (Å²) in [6, 6.07) is 21.5. The zero-order chi connectivity index (χ0) is 17.8. The maximum Gasteiger partial charge on any atom is 0.159 e. The minimum atomic E-state index is 0.248. The van der Waals surface area contributed by atoms with E-state index in [0.717, 1.165) is 23.4 Å². The molecule has 0 saturated heterocycles. The van der Waals surface area contributed by atoms with E-state index in [0.29, 0.717) is 0 Å². The van der Waals surface area contributed by atoms with Crippen LogP contribution in [0.4, 0.5) is 17.1 Å². The van der Waals surface area contributed by atoms with Gasteiger partial charge in [-0.1, -0.05) is 42.5 Å². The molecule has 3 aromatic carbocycles. The molecule has 26 heavy (non-hydrogen) atoms. The summed E-state index contributed by atoms with van der Waals surface area (Å²) in [4.78, 5) is 4.83. The third kappa shape index (κ3) is 1.94. The van der Waals surface area contributed by atoms with E-state index in [1.54, 1.807) is 0 Å². The second-order valence-electron chi connectivity index (χ2n) is 6.98. The van der Waals surface area contributed by atoms with Gasteiger partial charge in [-0.25, -0.2) is 0 Å². The normalized spacial score (nSPS) is 16.7. The average Bonchev–Trinajstić information content (AvgIpc) is 3.17. The second kappa shape index (κ2) is 5.53. The summed E-state index contributed by atoms with van der Waals surface area (Å²) in [5.74, 6) is 0. The molecule has 4 aromatic rings. The number of furan rings is 1. The minimum Gasteiger partial charge on any atom is -0.454 e. The molecule has 1 aliphatic heterocycles. The smallest absolute Gasteiger partial charge is 0.159 e. The highest BCUT2D eigenvalue weighted by Crippen LogP contribution is 2.47. The number of rotatable bonds is 2. The summed E-state index contributed by atoms with van der Waals surface area (Å²) in [5, 5.41) is 2.37. The van der Waals surface area contributed by atoms with Gasteiger partial charge in [0.2, 0.25) is 0 Å². The molecule has 1 aliphatic rings. The van der Waals surface area contributed by atoms with Gasteiger partial charge in [0.05, 0.1) is 17.1 Å². The third-order valence-corrected chi connectivity index (χ3v) is 5.58. The zero-order valence-electron chi connectivity index (χ0n) is 15.4. The van der Waals surface area contributed by atoms with E-state index < -0.39 is 0 Å². The Balaban J connectivity index is 1.80. The van der Waals surface area contributed by atoms with Crippen LogP contribution in [0, 0.1) is 6.92 Å². The van der Waals surface area contributed by atoms with E-state index in [4.69, 9.17) is 4.42 Å². The largest absolute Gasteiger partial charge is 0.454 e. The number of benzene rings is 3. The van der Waals surface area contributed by atoms with Gasteiger partial charge in [0, 0.05) is 17.3 Å². The van der Waals surface area contributed by atoms with Crippen molar-refractivity contribution in [3.05, 3.63) is 66.2 Å². The van der Waals surface area contributed by atoms with Crippen molar-refractivity contribution in [1.29, 1.82) is 0 Å². The minimum absolute atomic E-state index is 0.248. The Morgan fingerprint density at radius 3 is 2.23 bits per heavy atom. The van der Waals surface area contributed by atoms with Crippen LogP contribution in [0.1, 0.15) is 19.4 Å². The monoisotopic (exact) mass is 342 g/mol. The van der Waals surface area contributed by atoms with E-state index in [2.05, 4.69) is 91.2 Å². The van der Waals surface area contributed by atoms with Gasteiger partial charge >= 0.3 is 0 Å². The molecule has 0 saturated carbocycles. The molecule has 0 spiro atoms. The van der Waals surface area contributed by atoms with E-state index in [1.807, 2.05) is 0 Å². The molecule has 5 rings (SSSR count). The number of fused-ring (bicyclic) bond motifs is 4. The first-order chi connectivity index (χ1) is 12.7. The van der Waals surface area contributed by atoms with Crippen LogP contribution in [0.5, 0.6) is 0 Å². The van der Waals surface area contributed by atoms with Crippen LogP contribution in [0.15, 0.2) is 65.1 Å². The van der Waals surface area contributed by atoms with Gasteiger partial charge in [0.1, 0.15) is 11.7 Å². The van der Waals surface area contributed by atoms with Crippen molar-refractivity contribution in [3.63, 3.8) is 0 Å². The molecule has 0 radical (unpaired) electrons. The topological polar surface area (TPSA) is 19.6 Å². The first kappa shape index (κ1) is 15.3. The van der Waals surface area contributed by atoms with Gasteiger partial charge in [-0.05, 0) is 44.5 Å². The van der Waals surface area contributed by atoms with Gasteiger partial charge in [0.25, 0.3) is 0 Å². The van der Waals surface area contributed by atoms with Crippen LogP contribution in [-0.2, 0) is 0 Å². The van der Waals surface area contributed by atoms with Crippen LogP contribution in [0.3, 0.4) is 0 Å². The number of aryl methyl sites for hydroxylation is 1. The SMILES string of the molecule is CCN1c2ccccc2N(c2cccc3c2oc2c(C)cccc23)[C@@H]1C. The molecule has 0 N–H and O–H groups in total. The molecule has 0 aliphatic carbocycles. The number of para-hydroxylation sites is 4. The Labute approximate surface area is 153 Å². The van der Waals surface area contributed by atoms with Crippen LogP contribution < -0.4 is 9.80 Å². The van der Waals surface area contributed by atoms with E-state index >= 15 is 0 Å². The average molecular weight is 342 g/mol. The van der Waals surface area contributed by atoms with Gasteiger partial charge in [-0.2, -0.15) is 0 Å². The highest BCUT2D eigenvalue weighted by atomic mass is 16.3. The molecular formula is C23H22N2O. The summed E-state index contributed by atoms with van der Waals surface area (Å²) in [6.07, 6.45) is 0.248. The van der Waals surface area contributed by atoms with Crippen molar-refractivity contribution in [2.45, 2.75) is 26.9 Å². The quantitative estimate of drug-likeness (QED) is 0.431. The molecule has 0 amide bonds. The Hall–Kier alpha value is -2.94. The van der Waals surface area contributed by atoms with Crippen LogP contribution in [0.2, 0.25) is 0 Å². The molecule has 0 bridgehead atoms. The van der Waals surface area contributed by atoms with Gasteiger partial charge < -0.3 is 14.2 Å². The van der Waals surface area contributed by atoms with Crippen molar-refractivity contribution in [3.8, 4) is 0 Å². The highest BCUT2D eigenvalue weighted by molar-refractivity contribution is 6.10. The molecule has 3 nitrogen and oxygen atoms in total. The predicted molar refractivity (Wildman–Crippen MR) is 110 cm³/mol. The fourth-order valence-electron chi connectivity index (χ4n) is 4.35. The number of hydrogen-bond acceptors (Lipinski definition) is 3. The third-order valence-electron chi connectivity index (χ3n) is 5.58. The van der Waals surface area contributed by atoms with Crippen molar-refractivity contribution in [1.82, 2.24) is 0 Å². The lowest BCUT2D eigenvalue weighted by Gasteiger charge is -2.29. The fraction of sp³-hybridized carbons (Fsp3) is 0.217. The molecule has 1 atom stereocenters. The molecule has 2 heterocycles. The lowest BCUT2D eigenvalue weighted by atomic mass is 10.1. The first-order valence-electron chi connectivity index (χ1n) is 9.26. The Bertz CT molecular complexity index is 1130. The summed E-state index contributed by atoms with van der Waals surface area (Å²) in [5.41, 5.74) is 6.79. The van der Waals surface area contributed by atoms with Gasteiger partial charge in [-0.3, -0.25) is 0 Å². The Morgan fingerprint density at radius 2 is 1.46 bits per heavy atom. The van der Waals surface area contributed by atoms with Crippen molar-refractivity contribution >= 4 is 39.0 Å². The molecular weight excluding hydrogens is 320 g/mol. The fourth-order valence-corrected chi connectivity index (χ4v) is 4.35. The maximum absolute atomic E-state index is 6.40. The number of nitrogens with zero attached hydrogens (tertiary/aromatic N) is 2. The zero-order valence-corrected chi connectivity index (χ0v) is 15.4. The second-order valence-corrected chi connectivity index (χ2v) is 6.98. The highest BCUT2D eigenvalue weighted by Gasteiger charge is 2.34. The van der Waals surface area contributed by atoms with E-state index in [9.17, 15) is 0 Å². The predicted octanol–water partition coefficient (Wildman–Crippen LogP) is 6.22. The van der Waals surface area contributed by atoms with Gasteiger partial charge in [0.15, 0.2) is 5.58 Å². The summed E-state index contributed by atoms with van der Waals surface area (Å²) < 4.78 is 6.40. The molecule has 3 heteroatoms. The standard InChI is InChI=1S/C23H22N2O/c1-4-24-16(3)25(20-13-6-5-12-19(20)24)21-14-8-11-18-17-10-7-9-15(2)22(17)26-23(18)21/h5-14,16H,4H2,1-3H3/t16-/m1/s1. The molecule has 1 aromatic heterocycles. The van der Waals surface area contributed by atoms with E-state index in [-0.39, 0.29) is 6.17 Å². The summed E-state index contributed by atoms with van der Waals surface area (Å²) >= 11 is 0. The van der Waals surface area contributed by atoms with Crippen molar-refractivity contribution in [2.75, 3.05) is 16.3 Å². The Kier molecular flexibility index (Phi) is 3.26. The molecule has 0 unspecified atom stereocenters.